The zero-order chi connectivity index (χ0) is 16.8. The summed E-state index contributed by atoms with van der Waals surface area (Å²) < 4.78 is 2.53. The summed E-state index contributed by atoms with van der Waals surface area (Å²) in [6, 6.07) is 22.1. The molecule has 0 spiro atoms. The predicted octanol–water partition coefficient (Wildman–Crippen LogP) is 5.22. The maximum Gasteiger partial charge on any atom is 0.0491 e. The van der Waals surface area contributed by atoms with Crippen LogP contribution in [0.15, 0.2) is 60.7 Å². The number of hydrogen-bond acceptors (Lipinski definition) is 1. The van der Waals surface area contributed by atoms with Gasteiger partial charge in [0.05, 0.1) is 0 Å². The average Bonchev–Trinajstić information content (AvgIpc) is 2.97. The zero-order valence-electron chi connectivity index (χ0n) is 15.0. The van der Waals surface area contributed by atoms with E-state index in [1.54, 1.807) is 5.56 Å². The minimum atomic E-state index is 0. The molecule has 1 N–H and O–H groups in total. The first-order valence-corrected chi connectivity index (χ1v) is 9.10. The molecule has 0 amide bonds. The fourth-order valence-corrected chi connectivity index (χ4v) is 4.40. The summed E-state index contributed by atoms with van der Waals surface area (Å²) in [5.41, 5.74) is 7.18. The molecule has 0 fully saturated rings. The largest absolute Gasteiger partial charge is 0.339 e. The lowest BCUT2D eigenvalue weighted by Crippen LogP contribution is -2.25. The van der Waals surface area contributed by atoms with Gasteiger partial charge in [-0.25, -0.2) is 0 Å². The van der Waals surface area contributed by atoms with Crippen molar-refractivity contribution in [2.75, 3.05) is 6.54 Å². The highest BCUT2D eigenvalue weighted by Gasteiger charge is 2.21. The lowest BCUT2D eigenvalue weighted by molar-refractivity contribution is 0.603. The highest BCUT2D eigenvalue weighted by atomic mass is 35.5. The minimum Gasteiger partial charge on any atom is -0.339 e. The molecule has 4 aromatic rings. The molecule has 2 nitrogen and oxygen atoms in total. The van der Waals surface area contributed by atoms with Gasteiger partial charge in [0.25, 0.3) is 0 Å². The normalized spacial score (nSPS) is 13.6. The van der Waals surface area contributed by atoms with E-state index in [0.717, 1.165) is 26.1 Å². The topological polar surface area (TPSA) is 17.0 Å². The summed E-state index contributed by atoms with van der Waals surface area (Å²) in [6.07, 6.45) is 1.12. The van der Waals surface area contributed by atoms with Gasteiger partial charge in [-0.3, -0.25) is 0 Å². The molecule has 1 aliphatic heterocycles. The van der Waals surface area contributed by atoms with Gasteiger partial charge in [-0.15, -0.1) is 12.4 Å². The molecule has 5 rings (SSSR count). The molecule has 0 saturated heterocycles. The number of halogens is 1. The van der Waals surface area contributed by atoms with Crippen LogP contribution in [0.2, 0.25) is 0 Å². The van der Waals surface area contributed by atoms with E-state index in [4.69, 9.17) is 0 Å². The van der Waals surface area contributed by atoms with E-state index in [1.165, 1.54) is 38.5 Å². The van der Waals surface area contributed by atoms with Crippen LogP contribution in [0.4, 0.5) is 0 Å². The van der Waals surface area contributed by atoms with Crippen molar-refractivity contribution >= 4 is 34.1 Å². The first-order chi connectivity index (χ1) is 12.3. The Morgan fingerprint density at radius 3 is 2.69 bits per heavy atom. The molecule has 1 aliphatic rings. The number of fused-ring (bicyclic) bond motifs is 4. The van der Waals surface area contributed by atoms with Crippen LogP contribution in [0.1, 0.15) is 22.4 Å². The summed E-state index contributed by atoms with van der Waals surface area (Å²) in [5, 5.41) is 7.71. The smallest absolute Gasteiger partial charge is 0.0491 e. The second-order valence-electron chi connectivity index (χ2n) is 7.05. The van der Waals surface area contributed by atoms with E-state index in [9.17, 15) is 0 Å². The third-order valence-corrected chi connectivity index (χ3v) is 5.57. The lowest BCUT2D eigenvalue weighted by atomic mass is 10.0. The highest BCUT2D eigenvalue weighted by molar-refractivity contribution is 5.90. The van der Waals surface area contributed by atoms with Crippen LogP contribution in [-0.2, 0) is 19.5 Å². The molecule has 0 aliphatic carbocycles. The van der Waals surface area contributed by atoms with Crippen molar-refractivity contribution in [2.45, 2.75) is 26.4 Å². The van der Waals surface area contributed by atoms with Crippen LogP contribution in [-0.4, -0.2) is 11.1 Å². The Hall–Kier alpha value is -2.29. The molecule has 0 radical (unpaired) electrons. The molecule has 0 bridgehead atoms. The van der Waals surface area contributed by atoms with Gasteiger partial charge < -0.3 is 9.88 Å². The highest BCUT2D eigenvalue weighted by Crippen LogP contribution is 2.32. The molecule has 26 heavy (non-hydrogen) atoms. The molecular formula is C23H23ClN2. The molecule has 1 aromatic heterocycles. The number of hydrogen-bond donors (Lipinski definition) is 1. The number of aromatic nitrogens is 1. The summed E-state index contributed by atoms with van der Waals surface area (Å²) in [7, 11) is 0. The molecule has 2 heterocycles. The maximum absolute atomic E-state index is 3.56. The molecule has 3 aromatic carbocycles. The summed E-state index contributed by atoms with van der Waals surface area (Å²) in [5.74, 6) is 0. The van der Waals surface area contributed by atoms with Gasteiger partial charge >= 0.3 is 0 Å². The molecule has 132 valence electrons. The van der Waals surface area contributed by atoms with Gasteiger partial charge in [0.2, 0.25) is 0 Å². The van der Waals surface area contributed by atoms with Crippen molar-refractivity contribution < 1.29 is 0 Å². The fourth-order valence-electron chi connectivity index (χ4n) is 4.40. The molecule has 0 saturated carbocycles. The van der Waals surface area contributed by atoms with Crippen molar-refractivity contribution in [1.29, 1.82) is 0 Å². The van der Waals surface area contributed by atoms with Gasteiger partial charge in [-0.1, -0.05) is 54.6 Å². The Bertz CT molecular complexity index is 1090. The lowest BCUT2D eigenvalue weighted by Gasteiger charge is -2.18. The maximum atomic E-state index is 3.56. The summed E-state index contributed by atoms with van der Waals surface area (Å²) in [4.78, 5) is 0. The molecule has 0 unspecified atom stereocenters. The van der Waals surface area contributed by atoms with E-state index in [-0.39, 0.29) is 12.4 Å². The average molecular weight is 363 g/mol. The minimum absolute atomic E-state index is 0. The van der Waals surface area contributed by atoms with E-state index in [0.29, 0.717) is 0 Å². The van der Waals surface area contributed by atoms with E-state index >= 15 is 0 Å². The number of nitrogens with one attached hydrogen (secondary N) is 1. The van der Waals surface area contributed by atoms with Crippen molar-refractivity contribution in [3.05, 3.63) is 83.0 Å². The third kappa shape index (κ3) is 2.61. The summed E-state index contributed by atoms with van der Waals surface area (Å²) in [6.45, 7) is 5.22. The number of rotatable bonds is 2. The van der Waals surface area contributed by atoms with Crippen molar-refractivity contribution in [3.8, 4) is 0 Å². The Kier molecular flexibility index (Phi) is 4.47. The second kappa shape index (κ2) is 6.79. The number of aryl methyl sites for hydroxylation is 1. The third-order valence-electron chi connectivity index (χ3n) is 5.57. The second-order valence-corrected chi connectivity index (χ2v) is 7.05. The standard InChI is InChI=1S/C23H22N2.ClH/c1-16-6-4-11-21-23(16)20-12-13-24-14-22(20)25(21)15-18-9-5-8-17-7-2-3-10-19(17)18;/h2-11,24H,12-15H2,1H3;1H. The SMILES string of the molecule is Cc1cccc2c1c1c(n2Cc2cccc3ccccc23)CNCC1.Cl. The van der Waals surface area contributed by atoms with Crippen molar-refractivity contribution in [2.24, 2.45) is 0 Å². The Balaban J connectivity index is 0.00000168. The van der Waals surface area contributed by atoms with Crippen LogP contribution in [0.5, 0.6) is 0 Å². The van der Waals surface area contributed by atoms with Gasteiger partial charge in [0.15, 0.2) is 0 Å². The van der Waals surface area contributed by atoms with Crippen molar-refractivity contribution in [1.82, 2.24) is 9.88 Å². The van der Waals surface area contributed by atoms with E-state index in [1.807, 2.05) is 0 Å². The zero-order valence-corrected chi connectivity index (χ0v) is 15.8. The number of benzene rings is 3. The van der Waals surface area contributed by atoms with E-state index in [2.05, 4.69) is 77.5 Å². The van der Waals surface area contributed by atoms with Gasteiger partial charge in [0, 0.05) is 29.7 Å². The Labute approximate surface area is 160 Å². The molecule has 3 heteroatoms. The van der Waals surface area contributed by atoms with Gasteiger partial charge in [-0.2, -0.15) is 0 Å². The Morgan fingerprint density at radius 1 is 0.962 bits per heavy atom. The first-order valence-electron chi connectivity index (χ1n) is 9.10. The molecule has 0 atom stereocenters. The van der Waals surface area contributed by atoms with Crippen LogP contribution in [0, 0.1) is 6.92 Å². The van der Waals surface area contributed by atoms with Crippen LogP contribution < -0.4 is 5.32 Å². The van der Waals surface area contributed by atoms with Gasteiger partial charge in [-0.05, 0) is 53.4 Å². The van der Waals surface area contributed by atoms with Gasteiger partial charge in [0.1, 0.15) is 0 Å². The predicted molar refractivity (Wildman–Crippen MR) is 112 cm³/mol. The van der Waals surface area contributed by atoms with Crippen molar-refractivity contribution in [3.63, 3.8) is 0 Å². The van der Waals surface area contributed by atoms with Crippen LogP contribution in [0.25, 0.3) is 21.7 Å². The summed E-state index contributed by atoms with van der Waals surface area (Å²) >= 11 is 0. The van der Waals surface area contributed by atoms with E-state index < -0.39 is 0 Å². The quantitative estimate of drug-likeness (QED) is 0.517. The van der Waals surface area contributed by atoms with Crippen LogP contribution >= 0.6 is 12.4 Å². The number of nitrogens with zero attached hydrogens (tertiary/aromatic N) is 1. The molecular weight excluding hydrogens is 340 g/mol. The monoisotopic (exact) mass is 362 g/mol. The fraction of sp³-hybridized carbons (Fsp3) is 0.217. The Morgan fingerprint density at radius 2 is 1.77 bits per heavy atom. The first kappa shape index (κ1) is 17.1. The van der Waals surface area contributed by atoms with Crippen LogP contribution in [0.3, 0.4) is 0 Å².